The molecule has 0 heterocycles. The van der Waals surface area contributed by atoms with Crippen LogP contribution in [0.3, 0.4) is 0 Å². The van der Waals surface area contributed by atoms with Gasteiger partial charge in [-0.05, 0) is 57.3 Å². The van der Waals surface area contributed by atoms with Gasteiger partial charge in [-0.1, -0.05) is 12.1 Å². The van der Waals surface area contributed by atoms with Crippen molar-refractivity contribution >= 4 is 28.2 Å². The predicted octanol–water partition coefficient (Wildman–Crippen LogP) is 1.53. The number of aromatic hydroxyl groups is 1. The number of rotatable bonds is 6. The topological polar surface area (TPSA) is 183 Å². The van der Waals surface area contributed by atoms with Crippen LogP contribution >= 0.6 is 0 Å². The van der Waals surface area contributed by atoms with Gasteiger partial charge in [0.15, 0.2) is 11.4 Å². The van der Waals surface area contributed by atoms with Gasteiger partial charge in [0.1, 0.15) is 28.6 Å². The molecule has 0 aliphatic heterocycles. The zero-order valence-electron chi connectivity index (χ0n) is 23.0. The smallest absolute Gasteiger partial charge is 0.255 e. The Bertz CT molecular complexity index is 1600. The molecule has 0 saturated heterocycles. The van der Waals surface area contributed by atoms with Crippen LogP contribution in [0.5, 0.6) is 11.5 Å². The second kappa shape index (κ2) is 9.30. The van der Waals surface area contributed by atoms with Crippen LogP contribution in [0.25, 0.3) is 10.8 Å². The van der Waals surface area contributed by atoms with E-state index in [9.17, 15) is 34.8 Å². The molecule has 1 amide bonds. The van der Waals surface area contributed by atoms with E-state index < -0.39 is 58.0 Å². The Morgan fingerprint density at radius 2 is 1.88 bits per heavy atom. The summed E-state index contributed by atoms with van der Waals surface area (Å²) >= 11 is 0. The number of ketones is 2. The van der Waals surface area contributed by atoms with Crippen LogP contribution in [-0.4, -0.2) is 81.7 Å². The molecule has 2 aromatic carbocycles. The van der Waals surface area contributed by atoms with Crippen molar-refractivity contribution in [3.63, 3.8) is 0 Å². The summed E-state index contributed by atoms with van der Waals surface area (Å²) in [4.78, 5) is 41.2. The lowest BCUT2D eigenvalue weighted by atomic mass is 9.58. The van der Waals surface area contributed by atoms with Gasteiger partial charge >= 0.3 is 0 Å². The minimum absolute atomic E-state index is 0.0134. The van der Waals surface area contributed by atoms with Gasteiger partial charge in [0, 0.05) is 40.4 Å². The normalized spacial score (nSPS) is 27.7. The molecule has 2 aromatic rings. The van der Waals surface area contributed by atoms with Crippen molar-refractivity contribution in [3.8, 4) is 11.5 Å². The number of fused-ring (bicyclic) bond motifs is 4. The minimum Gasteiger partial charge on any atom is -0.510 e. The summed E-state index contributed by atoms with van der Waals surface area (Å²) in [6, 6.07) is 5.01. The molecule has 11 heteroatoms. The molecule has 4 aliphatic carbocycles. The van der Waals surface area contributed by atoms with Crippen molar-refractivity contribution in [3.05, 3.63) is 57.6 Å². The van der Waals surface area contributed by atoms with Crippen LogP contribution in [0.15, 0.2) is 40.9 Å². The molecule has 1 fully saturated rings. The highest BCUT2D eigenvalue weighted by molar-refractivity contribution is 6.25. The molecule has 0 unspecified atom stereocenters. The summed E-state index contributed by atoms with van der Waals surface area (Å²) in [5, 5.41) is 50.1. The number of allylic oxidation sites excluding steroid dienone is 1. The number of carbonyl (C=O) groups is 3. The van der Waals surface area contributed by atoms with E-state index in [0.717, 1.165) is 18.4 Å². The monoisotopic (exact) mass is 563 g/mol. The third-order valence-corrected chi connectivity index (χ3v) is 9.09. The highest BCUT2D eigenvalue weighted by Crippen LogP contribution is 2.54. The van der Waals surface area contributed by atoms with E-state index in [4.69, 9.17) is 10.5 Å². The molecule has 7 N–H and O–H groups in total. The Kier molecular flexibility index (Phi) is 6.18. The number of phenols is 1. The quantitative estimate of drug-likeness (QED) is 0.282. The maximum Gasteiger partial charge on any atom is 0.255 e. The molecule has 6 rings (SSSR count). The number of hydrogen-bond donors (Lipinski definition) is 6. The number of nitrogens with one attached hydrogen (secondary N) is 1. The van der Waals surface area contributed by atoms with E-state index in [2.05, 4.69) is 5.32 Å². The van der Waals surface area contributed by atoms with Crippen LogP contribution in [0, 0.1) is 11.8 Å². The molecule has 1 saturated carbocycles. The minimum atomic E-state index is -2.68. The average Bonchev–Trinajstić information content (AvgIpc) is 3.74. The molecular formula is C30H33N3O8. The van der Waals surface area contributed by atoms with Gasteiger partial charge in [0.25, 0.3) is 5.91 Å². The molecule has 216 valence electrons. The number of Topliss-reactive ketones (excluding diaryl/α,β-unsaturated/α-hetero) is 2. The van der Waals surface area contributed by atoms with Crippen LogP contribution in [0.4, 0.5) is 0 Å². The van der Waals surface area contributed by atoms with E-state index in [0.29, 0.717) is 34.7 Å². The molecule has 4 atom stereocenters. The average molecular weight is 564 g/mol. The number of amides is 1. The Morgan fingerprint density at radius 3 is 2.49 bits per heavy atom. The number of benzene rings is 2. The molecule has 0 spiro atoms. The van der Waals surface area contributed by atoms with Crippen molar-refractivity contribution in [2.75, 3.05) is 21.2 Å². The lowest BCUT2D eigenvalue weighted by Crippen LogP contribution is -2.63. The Balaban J connectivity index is 1.53. The van der Waals surface area contributed by atoms with Gasteiger partial charge in [-0.2, -0.15) is 0 Å². The SMILES string of the molecule is COc1c2c(c(O)c3cc(CNC4CC4)ccc13)C(=O)C1=C(O)[C@]3(O)C(=O)C(C(N)=O)=C(O)[C@@H](N(C)C)[C@@H]3C[C@@H]1C2. The largest absolute Gasteiger partial charge is 0.510 e. The number of ether oxygens (including phenoxy) is 1. The number of primary amides is 1. The second-order valence-corrected chi connectivity index (χ2v) is 11.7. The second-order valence-electron chi connectivity index (χ2n) is 11.7. The highest BCUT2D eigenvalue weighted by Gasteiger charge is 2.63. The Morgan fingerprint density at radius 1 is 1.17 bits per heavy atom. The van der Waals surface area contributed by atoms with E-state index in [1.807, 2.05) is 12.1 Å². The fraction of sp³-hybridized carbons (Fsp3) is 0.433. The summed E-state index contributed by atoms with van der Waals surface area (Å²) in [7, 11) is 4.67. The summed E-state index contributed by atoms with van der Waals surface area (Å²) in [5.74, 6) is -6.37. The number of phenolic OH excluding ortho intramolecular Hbond substituents is 1. The molecule has 0 bridgehead atoms. The van der Waals surface area contributed by atoms with Gasteiger partial charge in [-0.15, -0.1) is 0 Å². The third kappa shape index (κ3) is 3.79. The van der Waals surface area contributed by atoms with Crippen LogP contribution in [0.1, 0.15) is 40.7 Å². The maximum absolute atomic E-state index is 14.1. The number of aliphatic hydroxyl groups excluding tert-OH is 2. The number of aliphatic hydroxyl groups is 3. The number of likely N-dealkylation sites (N-methyl/N-ethyl adjacent to an activating group) is 1. The standard InChI is InChI=1S/C30H33N3O8/c1-33(2)22-18-10-13-9-17-20(24(35)19(13)27(37)30(18,40)28(38)21(25(22)36)29(31)39)23(34)16-8-12(11-32-14-5-6-14)4-7-15(16)26(17)41-3/h4,7-8,13-14,18,22,32,34,36-37,40H,5-6,9-11H2,1-3H3,(H2,31,39)/t13-,18-,22-,30-/m0/s1. The summed E-state index contributed by atoms with van der Waals surface area (Å²) in [5.41, 5.74) is 2.98. The van der Waals surface area contributed by atoms with Crippen molar-refractivity contribution in [1.29, 1.82) is 0 Å². The fourth-order valence-corrected chi connectivity index (χ4v) is 7.02. The Hall–Kier alpha value is -3.93. The lowest BCUT2D eigenvalue weighted by Gasteiger charge is -2.50. The predicted molar refractivity (Wildman–Crippen MR) is 148 cm³/mol. The lowest BCUT2D eigenvalue weighted by molar-refractivity contribution is -0.148. The van der Waals surface area contributed by atoms with Crippen molar-refractivity contribution in [1.82, 2.24) is 10.2 Å². The van der Waals surface area contributed by atoms with Gasteiger partial charge in [0.2, 0.25) is 5.78 Å². The van der Waals surface area contributed by atoms with E-state index in [1.54, 1.807) is 20.2 Å². The van der Waals surface area contributed by atoms with Crippen molar-refractivity contribution in [2.24, 2.45) is 17.6 Å². The van der Waals surface area contributed by atoms with E-state index in [1.165, 1.54) is 12.0 Å². The van der Waals surface area contributed by atoms with Gasteiger partial charge in [0.05, 0.1) is 18.7 Å². The molecular weight excluding hydrogens is 530 g/mol. The van der Waals surface area contributed by atoms with E-state index >= 15 is 0 Å². The number of nitrogens with zero attached hydrogens (tertiary/aromatic N) is 1. The Labute approximate surface area is 235 Å². The molecule has 4 aliphatic rings. The molecule has 11 nitrogen and oxygen atoms in total. The molecule has 0 radical (unpaired) electrons. The van der Waals surface area contributed by atoms with Crippen LogP contribution in [0.2, 0.25) is 0 Å². The van der Waals surface area contributed by atoms with Gasteiger partial charge in [-0.3, -0.25) is 19.3 Å². The number of methoxy groups -OCH3 is 1. The maximum atomic E-state index is 14.1. The van der Waals surface area contributed by atoms with Gasteiger partial charge < -0.3 is 36.2 Å². The zero-order valence-corrected chi connectivity index (χ0v) is 23.0. The number of carbonyl (C=O) groups excluding carboxylic acids is 3. The number of hydrogen-bond acceptors (Lipinski definition) is 10. The summed E-state index contributed by atoms with van der Waals surface area (Å²) in [6.07, 6.45) is 2.41. The van der Waals surface area contributed by atoms with Gasteiger partial charge in [-0.25, -0.2) is 0 Å². The van der Waals surface area contributed by atoms with Crippen LogP contribution in [-0.2, 0) is 22.6 Å². The molecule has 0 aromatic heterocycles. The zero-order chi connectivity index (χ0) is 29.5. The summed E-state index contributed by atoms with van der Waals surface area (Å²) < 4.78 is 5.78. The highest BCUT2D eigenvalue weighted by atomic mass is 16.5. The first-order valence-corrected chi connectivity index (χ1v) is 13.6. The van der Waals surface area contributed by atoms with Crippen LogP contribution < -0.4 is 15.8 Å². The first-order chi connectivity index (χ1) is 19.4. The first kappa shape index (κ1) is 27.3. The van der Waals surface area contributed by atoms with E-state index in [-0.39, 0.29) is 29.7 Å². The summed E-state index contributed by atoms with van der Waals surface area (Å²) in [6.45, 7) is 0.591. The number of nitrogens with two attached hydrogens (primary N) is 1. The van der Waals surface area contributed by atoms with Crippen molar-refractivity contribution < 1.29 is 39.5 Å². The van der Waals surface area contributed by atoms with Crippen molar-refractivity contribution in [2.45, 2.75) is 49.9 Å². The third-order valence-electron chi connectivity index (χ3n) is 9.09. The first-order valence-electron chi connectivity index (χ1n) is 13.6. The fourth-order valence-electron chi connectivity index (χ4n) is 7.02. The molecule has 41 heavy (non-hydrogen) atoms.